The molecule has 2 rings (SSSR count). The zero-order valence-corrected chi connectivity index (χ0v) is 10.0. The second-order valence-electron chi connectivity index (χ2n) is 3.54. The van der Waals surface area contributed by atoms with E-state index in [1.165, 1.54) is 5.56 Å². The molecule has 0 aliphatic rings. The maximum atomic E-state index is 8.40. The molecule has 0 fully saturated rings. The van der Waals surface area contributed by atoms with E-state index in [0.717, 1.165) is 5.75 Å². The number of para-hydroxylation sites is 1. The van der Waals surface area contributed by atoms with Gasteiger partial charge in [-0.2, -0.15) is 0 Å². The number of aryl methyl sites for hydroxylation is 1. The molecule has 17 heavy (non-hydrogen) atoms. The molecule has 0 aliphatic carbocycles. The van der Waals surface area contributed by atoms with Gasteiger partial charge in [0, 0.05) is 0 Å². The number of aliphatic hydroxyl groups is 1. The first-order chi connectivity index (χ1) is 8.33. The minimum absolute atomic E-state index is 0.0644. The van der Waals surface area contributed by atoms with Crippen molar-refractivity contribution in [1.82, 2.24) is 0 Å². The molecule has 0 amide bonds. The Morgan fingerprint density at radius 3 is 1.82 bits per heavy atom. The van der Waals surface area contributed by atoms with Crippen molar-refractivity contribution in [3.63, 3.8) is 0 Å². The summed E-state index contributed by atoms with van der Waals surface area (Å²) in [6, 6.07) is 19.7. The number of benzene rings is 2. The summed E-state index contributed by atoms with van der Waals surface area (Å²) in [4.78, 5) is 0. The van der Waals surface area contributed by atoms with Crippen LogP contribution in [0.1, 0.15) is 5.56 Å². The topological polar surface area (TPSA) is 29.5 Å². The summed E-state index contributed by atoms with van der Waals surface area (Å²) in [7, 11) is 0. The van der Waals surface area contributed by atoms with E-state index in [1.807, 2.05) is 48.5 Å². The van der Waals surface area contributed by atoms with Gasteiger partial charge in [0.15, 0.2) is 0 Å². The average Bonchev–Trinajstić information content (AvgIpc) is 2.39. The molecule has 0 bridgehead atoms. The van der Waals surface area contributed by atoms with Gasteiger partial charge in [0.05, 0.1) is 6.61 Å². The Morgan fingerprint density at radius 1 is 0.882 bits per heavy atom. The first kappa shape index (κ1) is 13.3. The molecule has 0 heterocycles. The molecule has 0 aromatic heterocycles. The summed E-state index contributed by atoms with van der Waals surface area (Å²) in [5.74, 6) is 0.802. The fourth-order valence-corrected chi connectivity index (χ4v) is 1.21. The molecule has 90 valence electrons. The summed E-state index contributed by atoms with van der Waals surface area (Å²) < 4.78 is 5.11. The molecule has 1 N–H and O–H groups in total. The van der Waals surface area contributed by atoms with Crippen molar-refractivity contribution in [3.05, 3.63) is 66.2 Å². The second-order valence-corrected chi connectivity index (χ2v) is 3.54. The van der Waals surface area contributed by atoms with Gasteiger partial charge >= 0.3 is 0 Å². The van der Waals surface area contributed by atoms with Gasteiger partial charge in [0.1, 0.15) is 12.4 Å². The molecular formula is C15H18O2. The van der Waals surface area contributed by atoms with Crippen molar-refractivity contribution in [2.45, 2.75) is 6.92 Å². The molecule has 0 aliphatic heterocycles. The fourth-order valence-electron chi connectivity index (χ4n) is 1.21. The van der Waals surface area contributed by atoms with Gasteiger partial charge in [-0.05, 0) is 19.1 Å². The monoisotopic (exact) mass is 230 g/mol. The van der Waals surface area contributed by atoms with Crippen LogP contribution in [0.4, 0.5) is 0 Å². The van der Waals surface area contributed by atoms with E-state index in [-0.39, 0.29) is 6.61 Å². The van der Waals surface area contributed by atoms with Gasteiger partial charge in [-0.1, -0.05) is 54.1 Å². The highest BCUT2D eigenvalue weighted by atomic mass is 16.5. The molecule has 0 saturated carbocycles. The van der Waals surface area contributed by atoms with E-state index in [4.69, 9.17) is 9.84 Å². The van der Waals surface area contributed by atoms with Crippen LogP contribution in [-0.2, 0) is 0 Å². The summed E-state index contributed by atoms with van der Waals surface area (Å²) >= 11 is 0. The van der Waals surface area contributed by atoms with E-state index in [2.05, 4.69) is 19.1 Å². The van der Waals surface area contributed by atoms with Crippen LogP contribution >= 0.6 is 0 Å². The Kier molecular flexibility index (Phi) is 6.53. The quantitative estimate of drug-likeness (QED) is 0.878. The maximum Gasteiger partial charge on any atom is 0.119 e. The first-order valence-electron chi connectivity index (χ1n) is 5.63. The van der Waals surface area contributed by atoms with E-state index < -0.39 is 0 Å². The van der Waals surface area contributed by atoms with Crippen molar-refractivity contribution < 1.29 is 9.84 Å². The van der Waals surface area contributed by atoms with Crippen LogP contribution in [0.25, 0.3) is 0 Å². The normalized spacial score (nSPS) is 9.06. The predicted octanol–water partition coefficient (Wildman–Crippen LogP) is 3.05. The van der Waals surface area contributed by atoms with Gasteiger partial charge < -0.3 is 9.84 Å². The number of hydrogen-bond donors (Lipinski definition) is 1. The lowest BCUT2D eigenvalue weighted by atomic mass is 10.2. The number of hydrogen-bond acceptors (Lipinski definition) is 2. The van der Waals surface area contributed by atoms with Crippen molar-refractivity contribution in [2.24, 2.45) is 0 Å². The summed E-state index contributed by atoms with van der Waals surface area (Å²) in [6.45, 7) is 2.51. The third kappa shape index (κ3) is 6.38. The van der Waals surface area contributed by atoms with E-state index in [1.54, 1.807) is 0 Å². The Labute approximate surface area is 102 Å². The lowest BCUT2D eigenvalue weighted by Crippen LogP contribution is -2.00. The predicted molar refractivity (Wildman–Crippen MR) is 70.2 cm³/mol. The first-order valence-corrected chi connectivity index (χ1v) is 5.63. The summed E-state index contributed by atoms with van der Waals surface area (Å²) in [5, 5.41) is 8.40. The molecule has 0 atom stereocenters. The Bertz CT molecular complexity index is 384. The van der Waals surface area contributed by atoms with Crippen LogP contribution in [0.5, 0.6) is 5.75 Å². The summed E-state index contributed by atoms with van der Waals surface area (Å²) in [6.07, 6.45) is 0. The third-order valence-corrected chi connectivity index (χ3v) is 2.04. The van der Waals surface area contributed by atoms with Gasteiger partial charge in [-0.25, -0.2) is 0 Å². The molecule has 2 aromatic rings. The molecule has 0 unspecified atom stereocenters. The lowest BCUT2D eigenvalue weighted by Gasteiger charge is -2.01. The van der Waals surface area contributed by atoms with E-state index >= 15 is 0 Å². The van der Waals surface area contributed by atoms with Crippen molar-refractivity contribution in [3.8, 4) is 5.75 Å². The Balaban J connectivity index is 0.000000181. The second kappa shape index (κ2) is 8.36. The standard InChI is InChI=1S/C8H10O2.C7H8/c9-6-7-10-8-4-2-1-3-5-8;1-7-5-3-2-4-6-7/h1-5,9H,6-7H2;2-6H,1H3. The number of rotatable bonds is 3. The zero-order chi connectivity index (χ0) is 12.3. The third-order valence-electron chi connectivity index (χ3n) is 2.04. The van der Waals surface area contributed by atoms with Crippen LogP contribution in [0.2, 0.25) is 0 Å². The Morgan fingerprint density at radius 2 is 1.41 bits per heavy atom. The molecule has 0 radical (unpaired) electrons. The van der Waals surface area contributed by atoms with Crippen molar-refractivity contribution in [2.75, 3.05) is 13.2 Å². The highest BCUT2D eigenvalue weighted by molar-refractivity contribution is 5.20. The van der Waals surface area contributed by atoms with Crippen molar-refractivity contribution in [1.29, 1.82) is 0 Å². The summed E-state index contributed by atoms with van der Waals surface area (Å²) in [5.41, 5.74) is 1.32. The van der Waals surface area contributed by atoms with Crippen molar-refractivity contribution >= 4 is 0 Å². The Hall–Kier alpha value is -1.80. The largest absolute Gasteiger partial charge is 0.491 e. The van der Waals surface area contributed by atoms with Crippen LogP contribution in [-0.4, -0.2) is 18.3 Å². The highest BCUT2D eigenvalue weighted by Gasteiger charge is 1.87. The van der Waals surface area contributed by atoms with Gasteiger partial charge in [-0.15, -0.1) is 0 Å². The highest BCUT2D eigenvalue weighted by Crippen LogP contribution is 2.07. The fraction of sp³-hybridized carbons (Fsp3) is 0.200. The van der Waals surface area contributed by atoms with Crippen LogP contribution in [0.3, 0.4) is 0 Å². The smallest absolute Gasteiger partial charge is 0.119 e. The molecule has 0 spiro atoms. The van der Waals surface area contributed by atoms with Gasteiger partial charge in [0.2, 0.25) is 0 Å². The molecule has 2 heteroatoms. The molecule has 0 saturated heterocycles. The SMILES string of the molecule is Cc1ccccc1.OCCOc1ccccc1. The lowest BCUT2D eigenvalue weighted by molar-refractivity contribution is 0.201. The van der Waals surface area contributed by atoms with Crippen LogP contribution < -0.4 is 4.74 Å². The molecule has 2 aromatic carbocycles. The van der Waals surface area contributed by atoms with Gasteiger partial charge in [0.25, 0.3) is 0 Å². The maximum absolute atomic E-state index is 8.40. The average molecular weight is 230 g/mol. The van der Waals surface area contributed by atoms with Crippen LogP contribution in [0.15, 0.2) is 60.7 Å². The number of aliphatic hydroxyl groups excluding tert-OH is 1. The zero-order valence-electron chi connectivity index (χ0n) is 10.0. The number of ether oxygens (including phenoxy) is 1. The van der Waals surface area contributed by atoms with E-state index in [0.29, 0.717) is 6.61 Å². The molecule has 2 nitrogen and oxygen atoms in total. The minimum atomic E-state index is 0.0644. The van der Waals surface area contributed by atoms with E-state index in [9.17, 15) is 0 Å². The van der Waals surface area contributed by atoms with Gasteiger partial charge in [-0.3, -0.25) is 0 Å². The molecular weight excluding hydrogens is 212 g/mol. The minimum Gasteiger partial charge on any atom is -0.491 e. The van der Waals surface area contributed by atoms with Crippen LogP contribution in [0, 0.1) is 6.92 Å².